The third-order valence-electron chi connectivity index (χ3n) is 3.33. The molecule has 1 aliphatic rings. The lowest BCUT2D eigenvalue weighted by Gasteiger charge is -2.13. The molecule has 0 radical (unpaired) electrons. The number of rotatable bonds is 1. The SMILES string of the molecule is Cc1cn2nc(C(=O)N3CCC(N)C3)cc2c(=O)[nH]1. The highest BCUT2D eigenvalue weighted by Gasteiger charge is 2.26. The number of hydrogen-bond acceptors (Lipinski definition) is 4. The first-order valence-electron chi connectivity index (χ1n) is 6.19. The number of aromatic nitrogens is 3. The average Bonchev–Trinajstić information content (AvgIpc) is 2.94. The summed E-state index contributed by atoms with van der Waals surface area (Å²) in [4.78, 5) is 28.3. The fraction of sp³-hybridized carbons (Fsp3) is 0.417. The van der Waals surface area contributed by atoms with E-state index in [4.69, 9.17) is 5.73 Å². The van der Waals surface area contributed by atoms with Gasteiger partial charge in [-0.25, -0.2) is 4.52 Å². The lowest BCUT2D eigenvalue weighted by molar-refractivity contribution is 0.0784. The minimum absolute atomic E-state index is 0.0339. The molecule has 1 atom stereocenters. The average molecular weight is 261 g/mol. The van der Waals surface area contributed by atoms with E-state index in [1.807, 2.05) is 0 Å². The van der Waals surface area contributed by atoms with Gasteiger partial charge >= 0.3 is 0 Å². The van der Waals surface area contributed by atoms with Crippen molar-refractivity contribution < 1.29 is 4.79 Å². The van der Waals surface area contributed by atoms with Crippen LogP contribution in [0.1, 0.15) is 22.6 Å². The number of nitrogens with two attached hydrogens (primary N) is 1. The molecular weight excluding hydrogens is 246 g/mol. The Hall–Kier alpha value is -2.15. The van der Waals surface area contributed by atoms with Crippen LogP contribution in [0.25, 0.3) is 5.52 Å². The number of aryl methyl sites for hydroxylation is 1. The quantitative estimate of drug-likeness (QED) is 0.723. The predicted octanol–water partition coefficient (Wildman–Crippen LogP) is -0.496. The van der Waals surface area contributed by atoms with Crippen molar-refractivity contribution in [2.45, 2.75) is 19.4 Å². The van der Waals surface area contributed by atoms with E-state index in [9.17, 15) is 9.59 Å². The van der Waals surface area contributed by atoms with Gasteiger partial charge in [-0.05, 0) is 13.3 Å². The van der Waals surface area contributed by atoms with Gasteiger partial charge in [-0.15, -0.1) is 0 Å². The minimum atomic E-state index is -0.246. The molecule has 0 spiro atoms. The van der Waals surface area contributed by atoms with E-state index < -0.39 is 0 Å². The van der Waals surface area contributed by atoms with Crippen molar-refractivity contribution in [2.24, 2.45) is 5.73 Å². The summed E-state index contributed by atoms with van der Waals surface area (Å²) >= 11 is 0. The molecule has 100 valence electrons. The molecule has 1 aliphatic heterocycles. The molecule has 0 aromatic carbocycles. The van der Waals surface area contributed by atoms with E-state index in [-0.39, 0.29) is 23.2 Å². The summed E-state index contributed by atoms with van der Waals surface area (Å²) in [6, 6.07) is 1.55. The predicted molar refractivity (Wildman–Crippen MR) is 69.0 cm³/mol. The van der Waals surface area contributed by atoms with E-state index in [0.717, 1.165) is 6.42 Å². The lowest BCUT2D eigenvalue weighted by atomic mass is 10.3. The second-order valence-electron chi connectivity index (χ2n) is 4.93. The molecule has 2 aromatic heterocycles. The Morgan fingerprint density at radius 3 is 3.05 bits per heavy atom. The molecule has 3 heterocycles. The molecule has 1 amide bonds. The molecule has 2 aromatic rings. The Labute approximate surface area is 109 Å². The number of nitrogens with zero attached hydrogens (tertiary/aromatic N) is 3. The fourth-order valence-corrected chi connectivity index (χ4v) is 2.36. The van der Waals surface area contributed by atoms with Crippen molar-refractivity contribution in [1.29, 1.82) is 0 Å². The first-order chi connectivity index (χ1) is 9.04. The number of likely N-dealkylation sites (tertiary alicyclic amines) is 1. The third kappa shape index (κ3) is 2.01. The first kappa shape index (κ1) is 11.9. The highest BCUT2D eigenvalue weighted by molar-refractivity contribution is 5.93. The monoisotopic (exact) mass is 261 g/mol. The summed E-state index contributed by atoms with van der Waals surface area (Å²) in [5, 5.41) is 4.17. The fourth-order valence-electron chi connectivity index (χ4n) is 2.36. The van der Waals surface area contributed by atoms with Gasteiger partial charge in [-0.2, -0.15) is 5.10 Å². The van der Waals surface area contributed by atoms with E-state index >= 15 is 0 Å². The normalized spacial score (nSPS) is 19.3. The van der Waals surface area contributed by atoms with E-state index in [1.54, 1.807) is 18.0 Å². The molecule has 1 fully saturated rings. The molecule has 0 saturated carbocycles. The summed E-state index contributed by atoms with van der Waals surface area (Å²) in [5.41, 5.74) is 6.89. The van der Waals surface area contributed by atoms with Crippen molar-refractivity contribution in [3.8, 4) is 0 Å². The highest BCUT2D eigenvalue weighted by atomic mass is 16.2. The standard InChI is InChI=1S/C12H15N5O2/c1-7-5-17-10(11(18)14-7)4-9(15-17)12(19)16-3-2-8(13)6-16/h4-5,8H,2-3,6,13H2,1H3,(H,14,18). The van der Waals surface area contributed by atoms with Crippen molar-refractivity contribution in [3.63, 3.8) is 0 Å². The van der Waals surface area contributed by atoms with Crippen LogP contribution < -0.4 is 11.3 Å². The number of aromatic amines is 1. The largest absolute Gasteiger partial charge is 0.336 e. The maximum atomic E-state index is 12.2. The maximum Gasteiger partial charge on any atom is 0.274 e. The van der Waals surface area contributed by atoms with Crippen LogP contribution >= 0.6 is 0 Å². The number of amides is 1. The van der Waals surface area contributed by atoms with Gasteiger partial charge in [0.25, 0.3) is 11.5 Å². The van der Waals surface area contributed by atoms with Crippen molar-refractivity contribution >= 4 is 11.4 Å². The second kappa shape index (κ2) is 4.20. The van der Waals surface area contributed by atoms with Gasteiger partial charge in [-0.1, -0.05) is 0 Å². The van der Waals surface area contributed by atoms with Crippen LogP contribution in [0.5, 0.6) is 0 Å². The number of carbonyl (C=O) groups excluding carboxylic acids is 1. The summed E-state index contributed by atoms with van der Waals surface area (Å²) < 4.78 is 1.44. The molecule has 0 aliphatic carbocycles. The van der Waals surface area contributed by atoms with Crippen LogP contribution in [0.2, 0.25) is 0 Å². The Bertz CT molecular complexity index is 702. The van der Waals surface area contributed by atoms with E-state index in [0.29, 0.717) is 24.3 Å². The number of H-pyrrole nitrogens is 1. The van der Waals surface area contributed by atoms with Crippen molar-refractivity contribution in [2.75, 3.05) is 13.1 Å². The van der Waals surface area contributed by atoms with Gasteiger partial charge in [-0.3, -0.25) is 9.59 Å². The molecule has 7 nitrogen and oxygen atoms in total. The summed E-state index contributed by atoms with van der Waals surface area (Å²) in [7, 11) is 0. The minimum Gasteiger partial charge on any atom is -0.336 e. The number of nitrogens with one attached hydrogen (secondary N) is 1. The topological polar surface area (TPSA) is 96.5 Å². The van der Waals surface area contributed by atoms with Crippen LogP contribution in [0.3, 0.4) is 0 Å². The Morgan fingerprint density at radius 1 is 1.58 bits per heavy atom. The smallest absolute Gasteiger partial charge is 0.274 e. The van der Waals surface area contributed by atoms with Gasteiger partial charge < -0.3 is 15.6 Å². The van der Waals surface area contributed by atoms with Gasteiger partial charge in [0.1, 0.15) is 5.52 Å². The zero-order valence-corrected chi connectivity index (χ0v) is 10.6. The van der Waals surface area contributed by atoms with Crippen LogP contribution in [-0.2, 0) is 0 Å². The van der Waals surface area contributed by atoms with Crippen molar-refractivity contribution in [3.05, 3.63) is 34.0 Å². The van der Waals surface area contributed by atoms with Crippen LogP contribution in [-0.4, -0.2) is 44.5 Å². The number of hydrogen-bond donors (Lipinski definition) is 2. The molecular formula is C12H15N5O2. The molecule has 7 heteroatoms. The van der Waals surface area contributed by atoms with Gasteiger partial charge in [0, 0.05) is 37.1 Å². The molecule has 1 unspecified atom stereocenters. The number of carbonyl (C=O) groups is 1. The van der Waals surface area contributed by atoms with Crippen LogP contribution in [0.4, 0.5) is 0 Å². The molecule has 19 heavy (non-hydrogen) atoms. The maximum absolute atomic E-state index is 12.2. The number of fused-ring (bicyclic) bond motifs is 1. The van der Waals surface area contributed by atoms with Crippen LogP contribution in [0.15, 0.2) is 17.1 Å². The first-order valence-corrected chi connectivity index (χ1v) is 6.19. The zero-order chi connectivity index (χ0) is 13.6. The Balaban J connectivity index is 1.99. The second-order valence-corrected chi connectivity index (χ2v) is 4.93. The zero-order valence-electron chi connectivity index (χ0n) is 10.6. The lowest BCUT2D eigenvalue weighted by Crippen LogP contribution is -2.32. The molecule has 3 rings (SSSR count). The Kier molecular flexibility index (Phi) is 2.63. The summed E-state index contributed by atoms with van der Waals surface area (Å²) in [6.07, 6.45) is 2.49. The third-order valence-corrected chi connectivity index (χ3v) is 3.33. The van der Waals surface area contributed by atoms with Crippen LogP contribution in [0, 0.1) is 6.92 Å². The highest BCUT2D eigenvalue weighted by Crippen LogP contribution is 2.12. The van der Waals surface area contributed by atoms with E-state index in [2.05, 4.69) is 10.1 Å². The molecule has 3 N–H and O–H groups in total. The van der Waals surface area contributed by atoms with Crippen molar-refractivity contribution in [1.82, 2.24) is 19.5 Å². The van der Waals surface area contributed by atoms with Gasteiger partial charge in [0.15, 0.2) is 5.69 Å². The summed E-state index contributed by atoms with van der Waals surface area (Å²) in [5.74, 6) is -0.172. The molecule has 0 bridgehead atoms. The van der Waals surface area contributed by atoms with Gasteiger partial charge in [0.05, 0.1) is 0 Å². The van der Waals surface area contributed by atoms with E-state index in [1.165, 1.54) is 10.6 Å². The molecule has 1 saturated heterocycles. The summed E-state index contributed by atoms with van der Waals surface area (Å²) in [6.45, 7) is 2.95. The van der Waals surface area contributed by atoms with Gasteiger partial charge in [0.2, 0.25) is 0 Å². The Morgan fingerprint density at radius 2 is 2.37 bits per heavy atom.